The second-order valence-electron chi connectivity index (χ2n) is 6.72. The van der Waals surface area contributed by atoms with Crippen molar-refractivity contribution in [2.24, 2.45) is 0 Å². The van der Waals surface area contributed by atoms with Crippen LogP contribution in [0.1, 0.15) is 31.0 Å². The number of ether oxygens (including phenoxy) is 1. The molecule has 1 atom stereocenters. The molecular weight excluding hydrogens is 408 g/mol. The maximum Gasteiger partial charge on any atom is 0.226 e. The van der Waals surface area contributed by atoms with E-state index in [0.717, 1.165) is 41.1 Å². The highest BCUT2D eigenvalue weighted by Gasteiger charge is 2.27. The molecule has 0 spiro atoms. The van der Waals surface area contributed by atoms with E-state index in [1.165, 1.54) is 0 Å². The zero-order chi connectivity index (χ0) is 18.6. The molecule has 0 aliphatic carbocycles. The fourth-order valence-corrected chi connectivity index (χ4v) is 3.90. The van der Waals surface area contributed by atoms with Crippen LogP contribution in [0.25, 0.3) is 5.65 Å². The van der Waals surface area contributed by atoms with E-state index < -0.39 is 0 Å². The highest BCUT2D eigenvalue weighted by molar-refractivity contribution is 9.10. The first-order valence-corrected chi connectivity index (χ1v) is 9.96. The quantitative estimate of drug-likeness (QED) is 0.621. The number of carbonyl (C=O) groups is 1. The first kappa shape index (κ1) is 18.0. The number of likely N-dealkylation sites (tertiary alicyclic amines) is 1. The summed E-state index contributed by atoms with van der Waals surface area (Å²) < 4.78 is 8.69. The predicted molar refractivity (Wildman–Crippen MR) is 106 cm³/mol. The SMILES string of the molecule is O=C(CCOc1cccc(Br)c1)N1CCCC(c2nnc3ccccn23)C1. The van der Waals surface area contributed by atoms with Crippen LogP contribution >= 0.6 is 15.9 Å². The Kier molecular flexibility index (Phi) is 5.38. The lowest BCUT2D eigenvalue weighted by Gasteiger charge is -2.32. The van der Waals surface area contributed by atoms with E-state index in [0.29, 0.717) is 19.6 Å². The topological polar surface area (TPSA) is 59.7 Å². The zero-order valence-corrected chi connectivity index (χ0v) is 16.5. The zero-order valence-electron chi connectivity index (χ0n) is 14.9. The van der Waals surface area contributed by atoms with Crippen molar-refractivity contribution in [3.63, 3.8) is 0 Å². The number of halogens is 1. The van der Waals surface area contributed by atoms with Crippen LogP contribution in [0.3, 0.4) is 0 Å². The molecule has 1 aliphatic heterocycles. The largest absolute Gasteiger partial charge is 0.493 e. The van der Waals surface area contributed by atoms with E-state index in [2.05, 4.69) is 26.1 Å². The van der Waals surface area contributed by atoms with E-state index in [9.17, 15) is 4.79 Å². The molecule has 0 saturated carbocycles. The summed E-state index contributed by atoms with van der Waals surface area (Å²) in [6.45, 7) is 1.86. The summed E-state index contributed by atoms with van der Waals surface area (Å²) in [6, 6.07) is 13.5. The Balaban J connectivity index is 1.35. The van der Waals surface area contributed by atoms with Gasteiger partial charge < -0.3 is 9.64 Å². The Morgan fingerprint density at radius 3 is 3.04 bits per heavy atom. The number of fused-ring (bicyclic) bond motifs is 1. The lowest BCUT2D eigenvalue weighted by Crippen LogP contribution is -2.40. The van der Waals surface area contributed by atoms with Gasteiger partial charge in [0.25, 0.3) is 0 Å². The molecule has 1 aliphatic rings. The molecule has 2 aromatic heterocycles. The molecular formula is C20H21BrN4O2. The monoisotopic (exact) mass is 428 g/mol. The molecule has 1 unspecified atom stereocenters. The minimum atomic E-state index is 0.128. The van der Waals surface area contributed by atoms with Crippen LogP contribution in [-0.2, 0) is 4.79 Å². The Labute approximate surface area is 166 Å². The Morgan fingerprint density at radius 2 is 2.15 bits per heavy atom. The van der Waals surface area contributed by atoms with E-state index in [-0.39, 0.29) is 11.8 Å². The number of pyridine rings is 1. The van der Waals surface area contributed by atoms with Crippen LogP contribution in [0.15, 0.2) is 53.1 Å². The highest BCUT2D eigenvalue weighted by atomic mass is 79.9. The van der Waals surface area contributed by atoms with E-state index in [1.807, 2.05) is 58.0 Å². The van der Waals surface area contributed by atoms with Crippen LogP contribution in [-0.4, -0.2) is 45.1 Å². The van der Waals surface area contributed by atoms with Crippen molar-refractivity contribution >= 4 is 27.5 Å². The van der Waals surface area contributed by atoms with Crippen molar-refractivity contribution in [3.05, 3.63) is 59.0 Å². The molecule has 1 amide bonds. The Hall–Kier alpha value is -2.41. The van der Waals surface area contributed by atoms with Crippen LogP contribution in [0.5, 0.6) is 5.75 Å². The van der Waals surface area contributed by atoms with Crippen molar-refractivity contribution in [1.29, 1.82) is 0 Å². The Morgan fingerprint density at radius 1 is 1.22 bits per heavy atom. The average molecular weight is 429 g/mol. The second-order valence-corrected chi connectivity index (χ2v) is 7.64. The number of hydrogen-bond acceptors (Lipinski definition) is 4. The number of carbonyl (C=O) groups excluding carboxylic acids is 1. The molecule has 1 saturated heterocycles. The van der Waals surface area contributed by atoms with E-state index in [1.54, 1.807) is 0 Å². The van der Waals surface area contributed by atoms with Crippen molar-refractivity contribution in [1.82, 2.24) is 19.5 Å². The van der Waals surface area contributed by atoms with Gasteiger partial charge in [0.1, 0.15) is 11.6 Å². The molecule has 4 rings (SSSR count). The molecule has 140 valence electrons. The lowest BCUT2D eigenvalue weighted by atomic mass is 9.97. The van der Waals surface area contributed by atoms with Gasteiger partial charge in [-0.05, 0) is 43.2 Å². The number of rotatable bonds is 5. The van der Waals surface area contributed by atoms with Crippen molar-refractivity contribution in [2.45, 2.75) is 25.2 Å². The first-order valence-electron chi connectivity index (χ1n) is 9.16. The van der Waals surface area contributed by atoms with Crippen molar-refractivity contribution < 1.29 is 9.53 Å². The summed E-state index contributed by atoms with van der Waals surface area (Å²) >= 11 is 3.42. The lowest BCUT2D eigenvalue weighted by molar-refractivity contribution is -0.133. The summed E-state index contributed by atoms with van der Waals surface area (Å²) in [6.07, 6.45) is 4.36. The summed E-state index contributed by atoms with van der Waals surface area (Å²) in [5, 5.41) is 8.61. The van der Waals surface area contributed by atoms with Gasteiger partial charge in [0.05, 0.1) is 13.0 Å². The fraction of sp³-hybridized carbons (Fsp3) is 0.350. The molecule has 3 aromatic rings. The molecule has 27 heavy (non-hydrogen) atoms. The highest BCUT2D eigenvalue weighted by Crippen LogP contribution is 2.26. The van der Waals surface area contributed by atoms with Gasteiger partial charge in [0.2, 0.25) is 5.91 Å². The molecule has 1 aromatic carbocycles. The van der Waals surface area contributed by atoms with Crippen molar-refractivity contribution in [2.75, 3.05) is 19.7 Å². The number of nitrogens with zero attached hydrogens (tertiary/aromatic N) is 4. The van der Waals surface area contributed by atoms with Gasteiger partial charge in [0.15, 0.2) is 5.65 Å². The first-order chi connectivity index (χ1) is 13.2. The number of amides is 1. The number of piperidine rings is 1. The molecule has 0 radical (unpaired) electrons. The van der Waals surface area contributed by atoms with Gasteiger partial charge in [-0.2, -0.15) is 0 Å². The number of hydrogen-bond donors (Lipinski definition) is 0. The van der Waals surface area contributed by atoms with Crippen LogP contribution in [0, 0.1) is 0 Å². The van der Waals surface area contributed by atoms with E-state index >= 15 is 0 Å². The molecule has 7 heteroatoms. The molecule has 3 heterocycles. The number of benzene rings is 1. The maximum atomic E-state index is 12.6. The predicted octanol–water partition coefficient (Wildman–Crippen LogP) is 3.67. The molecule has 0 N–H and O–H groups in total. The third kappa shape index (κ3) is 4.13. The Bertz CT molecular complexity index is 942. The molecule has 0 bridgehead atoms. The van der Waals surface area contributed by atoms with Gasteiger partial charge in [0, 0.05) is 29.7 Å². The van der Waals surface area contributed by atoms with Gasteiger partial charge in [-0.25, -0.2) is 0 Å². The third-order valence-corrected chi connectivity index (χ3v) is 5.35. The minimum absolute atomic E-state index is 0.128. The molecule has 1 fully saturated rings. The summed E-state index contributed by atoms with van der Waals surface area (Å²) in [7, 11) is 0. The van der Waals surface area contributed by atoms with Crippen LogP contribution in [0.2, 0.25) is 0 Å². The van der Waals surface area contributed by atoms with E-state index in [4.69, 9.17) is 4.74 Å². The summed E-state index contributed by atoms with van der Waals surface area (Å²) in [5.74, 6) is 2.05. The second kappa shape index (κ2) is 8.08. The van der Waals surface area contributed by atoms with Crippen molar-refractivity contribution in [3.8, 4) is 5.75 Å². The molecule has 6 nitrogen and oxygen atoms in total. The summed E-state index contributed by atoms with van der Waals surface area (Å²) in [4.78, 5) is 14.6. The summed E-state index contributed by atoms with van der Waals surface area (Å²) in [5.41, 5.74) is 0.846. The van der Waals surface area contributed by atoms with Gasteiger partial charge >= 0.3 is 0 Å². The van der Waals surface area contributed by atoms with Crippen LogP contribution < -0.4 is 4.74 Å². The average Bonchev–Trinajstić information content (AvgIpc) is 3.12. The van der Waals surface area contributed by atoms with Gasteiger partial charge in [-0.15, -0.1) is 10.2 Å². The van der Waals surface area contributed by atoms with Crippen LogP contribution in [0.4, 0.5) is 0 Å². The minimum Gasteiger partial charge on any atom is -0.493 e. The smallest absolute Gasteiger partial charge is 0.226 e. The van der Waals surface area contributed by atoms with Gasteiger partial charge in [-0.3, -0.25) is 9.20 Å². The number of aromatic nitrogens is 3. The normalized spacial score (nSPS) is 17.2. The standard InChI is InChI=1S/C20H21BrN4O2/c21-16-6-3-7-17(13-16)27-12-9-19(26)24-10-4-5-15(14-24)20-23-22-18-8-1-2-11-25(18)20/h1-3,6-8,11,13,15H,4-5,9-10,12,14H2. The fourth-order valence-electron chi connectivity index (χ4n) is 3.52. The third-order valence-electron chi connectivity index (χ3n) is 4.86. The van der Waals surface area contributed by atoms with Gasteiger partial charge in [-0.1, -0.05) is 28.1 Å². The maximum absolute atomic E-state index is 12.6.